The lowest BCUT2D eigenvalue weighted by atomic mass is 9.88. The number of anilines is 1. The van der Waals surface area contributed by atoms with E-state index in [1.807, 2.05) is 0 Å². The van der Waals surface area contributed by atoms with Crippen LogP contribution in [0, 0.1) is 11.7 Å². The predicted octanol–water partition coefficient (Wildman–Crippen LogP) is 3.69. The molecule has 2 aliphatic rings. The first-order valence-corrected chi connectivity index (χ1v) is 9.41. The Bertz CT molecular complexity index is 633. The standard InChI is InChI=1S/C20H27FN2O2/c1-14(24)19-17(21)8-5-9-18(19)23-12-10-16(11-13-23)22-20(25)15-6-3-2-4-7-15/h5,8-9,15-16H,2-4,6-7,10-13H2,1H3,(H,22,25). The number of carbonyl (C=O) groups is 2. The van der Waals surface area contributed by atoms with Gasteiger partial charge < -0.3 is 10.2 Å². The molecule has 1 saturated carbocycles. The fourth-order valence-corrected chi connectivity index (χ4v) is 4.07. The Balaban J connectivity index is 1.58. The normalized spacial score (nSPS) is 19.7. The van der Waals surface area contributed by atoms with E-state index in [1.165, 1.54) is 19.4 Å². The highest BCUT2D eigenvalue weighted by Crippen LogP contribution is 2.28. The van der Waals surface area contributed by atoms with Crippen molar-refractivity contribution >= 4 is 17.4 Å². The monoisotopic (exact) mass is 346 g/mol. The Morgan fingerprint density at radius 1 is 1.08 bits per heavy atom. The molecular formula is C20H27FN2O2. The van der Waals surface area contributed by atoms with E-state index in [2.05, 4.69) is 10.2 Å². The molecule has 1 aliphatic carbocycles. The zero-order valence-electron chi connectivity index (χ0n) is 14.9. The van der Waals surface area contributed by atoms with Crippen LogP contribution in [-0.2, 0) is 4.79 Å². The third-order valence-corrected chi connectivity index (χ3v) is 5.50. The molecule has 136 valence electrons. The Morgan fingerprint density at radius 3 is 2.40 bits per heavy atom. The van der Waals surface area contributed by atoms with Gasteiger partial charge in [0.15, 0.2) is 5.78 Å². The number of Topliss-reactive ketones (excluding diaryl/α,β-unsaturated/α-hetero) is 1. The van der Waals surface area contributed by atoms with Crippen LogP contribution < -0.4 is 10.2 Å². The molecule has 3 rings (SSSR count). The molecule has 0 radical (unpaired) electrons. The lowest BCUT2D eigenvalue weighted by Crippen LogP contribution is -2.46. The third kappa shape index (κ3) is 4.20. The average molecular weight is 346 g/mol. The SMILES string of the molecule is CC(=O)c1c(F)cccc1N1CCC(NC(=O)C2CCCCC2)CC1. The lowest BCUT2D eigenvalue weighted by Gasteiger charge is -2.35. The summed E-state index contributed by atoms with van der Waals surface area (Å²) < 4.78 is 14.0. The highest BCUT2D eigenvalue weighted by molar-refractivity contribution is 6.00. The molecule has 1 N–H and O–H groups in total. The number of nitrogens with one attached hydrogen (secondary N) is 1. The number of nitrogens with zero attached hydrogens (tertiary/aromatic N) is 1. The molecule has 1 aromatic carbocycles. The van der Waals surface area contributed by atoms with Gasteiger partial charge in [-0.3, -0.25) is 9.59 Å². The average Bonchev–Trinajstić information content (AvgIpc) is 2.62. The summed E-state index contributed by atoms with van der Waals surface area (Å²) in [5.41, 5.74) is 0.844. The number of hydrogen-bond acceptors (Lipinski definition) is 3. The van der Waals surface area contributed by atoms with E-state index in [4.69, 9.17) is 0 Å². The van der Waals surface area contributed by atoms with Crippen molar-refractivity contribution in [1.29, 1.82) is 0 Å². The number of piperidine rings is 1. The molecule has 2 fully saturated rings. The van der Waals surface area contributed by atoms with E-state index in [0.29, 0.717) is 5.69 Å². The largest absolute Gasteiger partial charge is 0.371 e. The summed E-state index contributed by atoms with van der Waals surface area (Å²) >= 11 is 0. The Labute approximate surface area is 148 Å². The summed E-state index contributed by atoms with van der Waals surface area (Å²) in [7, 11) is 0. The van der Waals surface area contributed by atoms with E-state index >= 15 is 0 Å². The molecule has 1 heterocycles. The molecule has 0 bridgehead atoms. The van der Waals surface area contributed by atoms with Crippen molar-refractivity contribution in [2.24, 2.45) is 5.92 Å². The van der Waals surface area contributed by atoms with Crippen LogP contribution in [0.5, 0.6) is 0 Å². The Hall–Kier alpha value is -1.91. The van der Waals surface area contributed by atoms with Crippen LogP contribution in [-0.4, -0.2) is 30.8 Å². The van der Waals surface area contributed by atoms with Gasteiger partial charge in [0, 0.05) is 25.0 Å². The molecular weight excluding hydrogens is 319 g/mol. The first-order chi connectivity index (χ1) is 12.1. The van der Waals surface area contributed by atoms with Crippen LogP contribution in [0.1, 0.15) is 62.2 Å². The number of rotatable bonds is 4. The number of amides is 1. The van der Waals surface area contributed by atoms with E-state index in [0.717, 1.165) is 51.6 Å². The molecule has 0 unspecified atom stereocenters. The zero-order valence-corrected chi connectivity index (χ0v) is 14.9. The second-order valence-corrected chi connectivity index (χ2v) is 7.29. The Kier molecular flexibility index (Phi) is 5.71. The fraction of sp³-hybridized carbons (Fsp3) is 0.600. The molecule has 0 aromatic heterocycles. The minimum Gasteiger partial charge on any atom is -0.371 e. The topological polar surface area (TPSA) is 49.4 Å². The smallest absolute Gasteiger partial charge is 0.223 e. The second kappa shape index (κ2) is 7.98. The van der Waals surface area contributed by atoms with E-state index < -0.39 is 5.82 Å². The first-order valence-electron chi connectivity index (χ1n) is 9.41. The molecule has 1 aliphatic heterocycles. The van der Waals surface area contributed by atoms with Gasteiger partial charge in [-0.15, -0.1) is 0 Å². The van der Waals surface area contributed by atoms with Crippen LogP contribution in [0.25, 0.3) is 0 Å². The van der Waals surface area contributed by atoms with E-state index in [1.54, 1.807) is 12.1 Å². The summed E-state index contributed by atoms with van der Waals surface area (Å²) in [6.07, 6.45) is 7.23. The highest BCUT2D eigenvalue weighted by Gasteiger charge is 2.27. The van der Waals surface area contributed by atoms with Crippen LogP contribution in [0.2, 0.25) is 0 Å². The van der Waals surface area contributed by atoms with Gasteiger partial charge in [-0.05, 0) is 44.7 Å². The van der Waals surface area contributed by atoms with Crippen molar-refractivity contribution in [2.45, 2.75) is 57.9 Å². The van der Waals surface area contributed by atoms with Gasteiger partial charge in [-0.1, -0.05) is 25.3 Å². The van der Waals surface area contributed by atoms with Gasteiger partial charge in [-0.2, -0.15) is 0 Å². The minimum absolute atomic E-state index is 0.173. The molecule has 0 spiro atoms. The van der Waals surface area contributed by atoms with Crippen LogP contribution in [0.15, 0.2) is 18.2 Å². The summed E-state index contributed by atoms with van der Waals surface area (Å²) in [4.78, 5) is 26.2. The van der Waals surface area contributed by atoms with E-state index in [9.17, 15) is 14.0 Å². The van der Waals surface area contributed by atoms with Crippen molar-refractivity contribution in [3.8, 4) is 0 Å². The predicted molar refractivity (Wildman–Crippen MR) is 96.4 cm³/mol. The molecule has 1 amide bonds. The van der Waals surface area contributed by atoms with Crippen molar-refractivity contribution in [2.75, 3.05) is 18.0 Å². The zero-order chi connectivity index (χ0) is 17.8. The van der Waals surface area contributed by atoms with Crippen LogP contribution in [0.3, 0.4) is 0 Å². The number of carbonyl (C=O) groups excluding carboxylic acids is 2. The molecule has 0 atom stereocenters. The lowest BCUT2D eigenvalue weighted by molar-refractivity contribution is -0.126. The molecule has 1 aromatic rings. The van der Waals surface area contributed by atoms with Crippen molar-refractivity contribution in [3.05, 3.63) is 29.6 Å². The van der Waals surface area contributed by atoms with Crippen molar-refractivity contribution in [3.63, 3.8) is 0 Å². The van der Waals surface area contributed by atoms with Gasteiger partial charge in [0.1, 0.15) is 5.82 Å². The number of ketones is 1. The van der Waals surface area contributed by atoms with Gasteiger partial charge >= 0.3 is 0 Å². The molecule has 1 saturated heterocycles. The first kappa shape index (κ1) is 17.9. The van der Waals surface area contributed by atoms with Gasteiger partial charge in [-0.25, -0.2) is 4.39 Å². The van der Waals surface area contributed by atoms with Gasteiger partial charge in [0.05, 0.1) is 11.3 Å². The number of hydrogen-bond donors (Lipinski definition) is 1. The summed E-state index contributed by atoms with van der Waals surface area (Å²) in [5.74, 6) is -0.328. The van der Waals surface area contributed by atoms with E-state index in [-0.39, 0.29) is 29.2 Å². The maximum atomic E-state index is 14.0. The number of halogens is 1. The van der Waals surface area contributed by atoms with Crippen molar-refractivity contribution in [1.82, 2.24) is 5.32 Å². The van der Waals surface area contributed by atoms with Gasteiger partial charge in [0.25, 0.3) is 0 Å². The second-order valence-electron chi connectivity index (χ2n) is 7.29. The molecule has 4 nitrogen and oxygen atoms in total. The minimum atomic E-state index is -0.460. The number of benzene rings is 1. The highest BCUT2D eigenvalue weighted by atomic mass is 19.1. The Morgan fingerprint density at radius 2 is 1.76 bits per heavy atom. The maximum absolute atomic E-state index is 14.0. The summed E-state index contributed by atoms with van der Waals surface area (Å²) in [6, 6.07) is 4.96. The van der Waals surface area contributed by atoms with Crippen molar-refractivity contribution < 1.29 is 14.0 Å². The van der Waals surface area contributed by atoms with Crippen LogP contribution in [0.4, 0.5) is 10.1 Å². The third-order valence-electron chi connectivity index (χ3n) is 5.50. The summed E-state index contributed by atoms with van der Waals surface area (Å²) in [5, 5.41) is 3.20. The van der Waals surface area contributed by atoms with Crippen LogP contribution >= 0.6 is 0 Å². The quantitative estimate of drug-likeness (QED) is 0.846. The molecule has 25 heavy (non-hydrogen) atoms. The summed E-state index contributed by atoms with van der Waals surface area (Å²) in [6.45, 7) is 2.84. The maximum Gasteiger partial charge on any atom is 0.223 e. The van der Waals surface area contributed by atoms with Gasteiger partial charge in [0.2, 0.25) is 5.91 Å². The molecule has 5 heteroatoms. The fourth-order valence-electron chi connectivity index (χ4n) is 4.07.